The Hall–Kier alpha value is -2.97. The van der Waals surface area contributed by atoms with Crippen LogP contribution in [0.3, 0.4) is 0 Å². The lowest BCUT2D eigenvalue weighted by atomic mass is 10.0. The van der Waals surface area contributed by atoms with E-state index < -0.39 is 5.69 Å². The van der Waals surface area contributed by atoms with Gasteiger partial charge in [0.1, 0.15) is 12.4 Å². The van der Waals surface area contributed by atoms with E-state index >= 15 is 0 Å². The third kappa shape index (κ3) is 2.72. The Morgan fingerprint density at radius 2 is 2.09 bits per heavy atom. The second-order valence-electron chi connectivity index (χ2n) is 4.88. The van der Waals surface area contributed by atoms with Crippen LogP contribution in [0.1, 0.15) is 18.1 Å². The van der Waals surface area contributed by atoms with Gasteiger partial charge in [-0.1, -0.05) is 6.92 Å². The predicted octanol–water partition coefficient (Wildman–Crippen LogP) is 0.970. The summed E-state index contributed by atoms with van der Waals surface area (Å²) in [5.74, 6) is 0.102. The lowest BCUT2D eigenvalue weighted by Gasteiger charge is -2.14. The fourth-order valence-corrected chi connectivity index (χ4v) is 2.33. The van der Waals surface area contributed by atoms with Crippen LogP contribution in [0.25, 0.3) is 5.69 Å². The maximum absolute atomic E-state index is 14.1. The van der Waals surface area contributed by atoms with Gasteiger partial charge in [-0.15, -0.1) is 0 Å². The molecule has 2 heterocycles. The maximum Gasteiger partial charge on any atom is 0.368 e. The quantitative estimate of drug-likeness (QED) is 0.757. The van der Waals surface area contributed by atoms with Gasteiger partial charge < -0.3 is 4.74 Å². The van der Waals surface area contributed by atoms with Gasteiger partial charge in [-0.05, 0) is 34.5 Å². The lowest BCUT2D eigenvalue weighted by Crippen LogP contribution is -2.23. The molecule has 1 aromatic carbocycles. The van der Waals surface area contributed by atoms with E-state index in [1.807, 2.05) is 6.92 Å². The Morgan fingerprint density at radius 3 is 2.70 bits per heavy atom. The second-order valence-corrected chi connectivity index (χ2v) is 4.88. The van der Waals surface area contributed by atoms with Gasteiger partial charge in [0.25, 0.3) is 0 Å². The predicted molar refractivity (Wildman–Crippen MR) is 78.9 cm³/mol. The Kier molecular flexibility index (Phi) is 3.92. The Morgan fingerprint density at radius 1 is 1.26 bits per heavy atom. The summed E-state index contributed by atoms with van der Waals surface area (Å²) in [5.41, 5.74) is 1.05. The van der Waals surface area contributed by atoms with Gasteiger partial charge >= 0.3 is 5.69 Å². The number of nitrogens with zero attached hydrogens (tertiary/aromatic N) is 5. The molecule has 0 aliphatic heterocycles. The standard InChI is InChI=1S/C14H15FN6O2/c1-3-9-10(8-23-13-6-7-16-17-13)12(5-4-11(9)15)21-14(22)20(2)18-19-21/h4-7H,3,8H2,1-2H3,(H,16,17). The van der Waals surface area contributed by atoms with E-state index in [9.17, 15) is 9.18 Å². The topological polar surface area (TPSA) is 90.6 Å². The number of aromatic amines is 1. The molecule has 0 amide bonds. The van der Waals surface area contributed by atoms with Gasteiger partial charge in [-0.3, -0.25) is 0 Å². The molecule has 0 atom stereocenters. The average Bonchev–Trinajstić information content (AvgIpc) is 3.17. The van der Waals surface area contributed by atoms with E-state index in [0.717, 1.165) is 9.36 Å². The monoisotopic (exact) mass is 318 g/mol. The van der Waals surface area contributed by atoms with Crippen LogP contribution >= 0.6 is 0 Å². The number of tetrazole rings is 1. The molecule has 0 spiro atoms. The Labute approximate surface area is 130 Å². The molecule has 0 aliphatic carbocycles. The van der Waals surface area contributed by atoms with Crippen molar-refractivity contribution in [1.82, 2.24) is 30.0 Å². The van der Waals surface area contributed by atoms with Crippen LogP contribution in [0.15, 0.2) is 29.2 Å². The first-order valence-electron chi connectivity index (χ1n) is 7.03. The van der Waals surface area contributed by atoms with Crippen molar-refractivity contribution < 1.29 is 9.13 Å². The molecular formula is C14H15FN6O2. The molecule has 0 aliphatic rings. The van der Waals surface area contributed by atoms with Gasteiger partial charge in [0.2, 0.25) is 5.88 Å². The summed E-state index contributed by atoms with van der Waals surface area (Å²) in [6.07, 6.45) is 2.01. The van der Waals surface area contributed by atoms with Gasteiger partial charge in [-0.25, -0.2) is 14.3 Å². The van der Waals surface area contributed by atoms with Crippen molar-refractivity contribution in [2.45, 2.75) is 20.0 Å². The highest BCUT2D eigenvalue weighted by Gasteiger charge is 2.17. The van der Waals surface area contributed by atoms with Crippen molar-refractivity contribution >= 4 is 0 Å². The van der Waals surface area contributed by atoms with E-state index in [4.69, 9.17) is 4.74 Å². The van der Waals surface area contributed by atoms with Crippen LogP contribution in [-0.4, -0.2) is 30.0 Å². The minimum Gasteiger partial charge on any atom is -0.473 e. The van der Waals surface area contributed by atoms with Crippen LogP contribution in [-0.2, 0) is 20.1 Å². The number of halogens is 1. The molecule has 120 valence electrons. The summed E-state index contributed by atoms with van der Waals surface area (Å²) < 4.78 is 21.9. The number of H-pyrrole nitrogens is 1. The zero-order valence-electron chi connectivity index (χ0n) is 12.7. The van der Waals surface area contributed by atoms with Crippen molar-refractivity contribution in [3.05, 3.63) is 51.8 Å². The summed E-state index contributed by atoms with van der Waals surface area (Å²) in [6, 6.07) is 4.46. The van der Waals surface area contributed by atoms with Gasteiger partial charge in [0.15, 0.2) is 0 Å². The normalized spacial score (nSPS) is 10.9. The average molecular weight is 318 g/mol. The lowest BCUT2D eigenvalue weighted by molar-refractivity contribution is 0.291. The number of aryl methyl sites for hydroxylation is 1. The Balaban J connectivity index is 2.08. The highest BCUT2D eigenvalue weighted by Crippen LogP contribution is 2.23. The molecule has 0 bridgehead atoms. The van der Waals surface area contributed by atoms with E-state index in [1.165, 1.54) is 19.2 Å². The van der Waals surface area contributed by atoms with Gasteiger partial charge in [-0.2, -0.15) is 14.5 Å². The molecule has 0 saturated carbocycles. The number of nitrogens with one attached hydrogen (secondary N) is 1. The highest BCUT2D eigenvalue weighted by molar-refractivity contribution is 5.46. The summed E-state index contributed by atoms with van der Waals surface area (Å²) in [4.78, 5) is 12.1. The number of hydrogen-bond acceptors (Lipinski definition) is 5. The third-order valence-corrected chi connectivity index (χ3v) is 3.50. The minimum absolute atomic E-state index is 0.0709. The summed E-state index contributed by atoms with van der Waals surface area (Å²) in [7, 11) is 1.50. The van der Waals surface area contributed by atoms with E-state index in [0.29, 0.717) is 29.1 Å². The van der Waals surface area contributed by atoms with Crippen LogP contribution in [0, 0.1) is 5.82 Å². The first-order valence-corrected chi connectivity index (χ1v) is 7.03. The number of benzene rings is 1. The summed E-state index contributed by atoms with van der Waals surface area (Å²) in [5, 5.41) is 14.0. The molecule has 0 saturated heterocycles. The molecule has 0 radical (unpaired) electrons. The molecule has 3 rings (SSSR count). The molecule has 1 N–H and O–H groups in total. The number of hydrogen-bond donors (Lipinski definition) is 1. The zero-order valence-corrected chi connectivity index (χ0v) is 12.7. The highest BCUT2D eigenvalue weighted by atomic mass is 19.1. The molecule has 0 unspecified atom stereocenters. The third-order valence-electron chi connectivity index (χ3n) is 3.50. The molecular weight excluding hydrogens is 303 g/mol. The number of ether oxygens (including phenoxy) is 1. The maximum atomic E-state index is 14.1. The Bertz CT molecular complexity index is 868. The smallest absolute Gasteiger partial charge is 0.368 e. The van der Waals surface area contributed by atoms with Crippen molar-refractivity contribution in [2.24, 2.45) is 7.05 Å². The van der Waals surface area contributed by atoms with Crippen LogP contribution < -0.4 is 10.4 Å². The van der Waals surface area contributed by atoms with Gasteiger partial charge in [0.05, 0.1) is 11.9 Å². The largest absolute Gasteiger partial charge is 0.473 e. The molecule has 23 heavy (non-hydrogen) atoms. The molecule has 8 nitrogen and oxygen atoms in total. The minimum atomic E-state index is -0.415. The van der Waals surface area contributed by atoms with E-state index in [1.54, 1.807) is 12.3 Å². The fraction of sp³-hybridized carbons (Fsp3) is 0.286. The van der Waals surface area contributed by atoms with Gasteiger partial charge in [0, 0.05) is 18.7 Å². The first kappa shape index (κ1) is 14.9. The van der Waals surface area contributed by atoms with Crippen LogP contribution in [0.2, 0.25) is 0 Å². The van der Waals surface area contributed by atoms with Crippen LogP contribution in [0.5, 0.6) is 5.88 Å². The van der Waals surface area contributed by atoms with E-state index in [-0.39, 0.29) is 12.4 Å². The summed E-state index contributed by atoms with van der Waals surface area (Å²) in [6.45, 7) is 1.91. The van der Waals surface area contributed by atoms with Crippen molar-refractivity contribution in [3.8, 4) is 11.6 Å². The SMILES string of the molecule is CCc1c(F)ccc(-n2nnn(C)c2=O)c1COc1ccn[nH]1. The fourth-order valence-electron chi connectivity index (χ4n) is 2.33. The zero-order chi connectivity index (χ0) is 16.4. The molecule has 9 heteroatoms. The van der Waals surface area contributed by atoms with Crippen LogP contribution in [0.4, 0.5) is 4.39 Å². The second kappa shape index (κ2) is 6.03. The molecule has 0 fully saturated rings. The van der Waals surface area contributed by atoms with E-state index in [2.05, 4.69) is 20.6 Å². The van der Waals surface area contributed by atoms with Crippen molar-refractivity contribution in [1.29, 1.82) is 0 Å². The first-order chi connectivity index (χ1) is 11.1. The number of rotatable bonds is 5. The molecule has 2 aromatic heterocycles. The summed E-state index contributed by atoms with van der Waals surface area (Å²) >= 11 is 0. The molecule has 3 aromatic rings. The van der Waals surface area contributed by atoms with Crippen molar-refractivity contribution in [3.63, 3.8) is 0 Å². The number of aromatic nitrogens is 6. The van der Waals surface area contributed by atoms with Crippen molar-refractivity contribution in [2.75, 3.05) is 0 Å².